The van der Waals surface area contributed by atoms with Crippen LogP contribution in [0.5, 0.6) is 0 Å². The van der Waals surface area contributed by atoms with E-state index in [0.717, 1.165) is 36.8 Å². The van der Waals surface area contributed by atoms with Gasteiger partial charge >= 0.3 is 0 Å². The van der Waals surface area contributed by atoms with E-state index in [4.69, 9.17) is 0 Å². The molecule has 4 aliphatic rings. The molecule has 5 rings (SSSR count). The van der Waals surface area contributed by atoms with Gasteiger partial charge in [0, 0.05) is 6.42 Å². The highest BCUT2D eigenvalue weighted by atomic mass is 16.3. The number of carbonyl (C=O) groups excluding carboxylic acids is 1. The monoisotopic (exact) mass is 406 g/mol. The lowest BCUT2D eigenvalue weighted by atomic mass is 9.40. The van der Waals surface area contributed by atoms with Crippen LogP contribution in [-0.2, 0) is 4.79 Å². The molecule has 1 aromatic rings. The van der Waals surface area contributed by atoms with Gasteiger partial charge in [-0.15, -0.1) is 0 Å². The van der Waals surface area contributed by atoms with Gasteiger partial charge in [-0.05, 0) is 103 Å². The molecule has 4 saturated carbocycles. The highest BCUT2D eigenvalue weighted by molar-refractivity contribution is 6.01. The summed E-state index contributed by atoms with van der Waals surface area (Å²) >= 11 is 0. The van der Waals surface area contributed by atoms with Gasteiger partial charge in [-0.1, -0.05) is 51.1 Å². The van der Waals surface area contributed by atoms with Crippen LogP contribution < -0.4 is 0 Å². The van der Waals surface area contributed by atoms with E-state index < -0.39 is 5.60 Å². The zero-order valence-electron chi connectivity index (χ0n) is 19.2. The fraction of sp³-hybridized carbons (Fsp3) is 0.679. The van der Waals surface area contributed by atoms with Crippen LogP contribution in [0.3, 0.4) is 0 Å². The predicted octanol–water partition coefficient (Wildman–Crippen LogP) is 6.43. The highest BCUT2D eigenvalue weighted by Crippen LogP contribution is 2.71. The number of aliphatic hydroxyl groups is 1. The molecule has 0 spiro atoms. The summed E-state index contributed by atoms with van der Waals surface area (Å²) in [5.41, 5.74) is 1.99. The number of allylic oxidation sites excluding steroid dienone is 1. The third kappa shape index (κ3) is 2.68. The summed E-state index contributed by atoms with van der Waals surface area (Å²) in [6.07, 6.45) is 10.6. The molecule has 0 aromatic heterocycles. The molecule has 1 aromatic carbocycles. The third-order valence-electron chi connectivity index (χ3n) is 10.8. The van der Waals surface area contributed by atoms with Gasteiger partial charge in [-0.3, -0.25) is 4.79 Å². The Balaban J connectivity index is 1.50. The van der Waals surface area contributed by atoms with Gasteiger partial charge in [0.05, 0.1) is 5.60 Å². The molecule has 0 bridgehead atoms. The molecule has 162 valence electrons. The van der Waals surface area contributed by atoms with Gasteiger partial charge in [0.1, 0.15) is 0 Å². The molecule has 2 heteroatoms. The first-order valence-corrected chi connectivity index (χ1v) is 12.1. The first-order valence-electron chi connectivity index (χ1n) is 12.1. The van der Waals surface area contributed by atoms with Gasteiger partial charge < -0.3 is 5.11 Å². The summed E-state index contributed by atoms with van der Waals surface area (Å²) in [4.78, 5) is 13.2. The molecule has 1 N–H and O–H groups in total. The Morgan fingerprint density at radius 2 is 1.53 bits per heavy atom. The van der Waals surface area contributed by atoms with Crippen molar-refractivity contribution in [3.05, 3.63) is 41.5 Å². The maximum absolute atomic E-state index is 13.2. The standard InChI is InChI=1S/C28H38O2/c1-25-13-10-21-22-12-15-28(4,30)26(22,2)14-11-23(21)27(25,3)17-20(24(29)18-25)16-19-8-6-5-7-9-19/h5-9,16,21-23,30H,10-15,17-18H2,1-4H3/t21-,22+,23-,25-,26+,27-,28-/m0/s1. The van der Waals surface area contributed by atoms with Crippen molar-refractivity contribution in [1.29, 1.82) is 0 Å². The summed E-state index contributed by atoms with van der Waals surface area (Å²) in [5, 5.41) is 11.2. The van der Waals surface area contributed by atoms with E-state index in [0.29, 0.717) is 30.0 Å². The zero-order valence-corrected chi connectivity index (χ0v) is 19.2. The van der Waals surface area contributed by atoms with Gasteiger partial charge in [0.15, 0.2) is 5.78 Å². The van der Waals surface area contributed by atoms with Crippen LogP contribution in [0.2, 0.25) is 0 Å². The Morgan fingerprint density at radius 3 is 2.27 bits per heavy atom. The van der Waals surface area contributed by atoms with E-state index in [1.54, 1.807) is 0 Å². The molecule has 0 unspecified atom stereocenters. The first-order chi connectivity index (χ1) is 14.1. The van der Waals surface area contributed by atoms with Crippen LogP contribution >= 0.6 is 0 Å². The van der Waals surface area contributed by atoms with Crippen molar-refractivity contribution >= 4 is 11.9 Å². The Labute approximate surface area is 182 Å². The van der Waals surface area contributed by atoms with Crippen molar-refractivity contribution in [1.82, 2.24) is 0 Å². The fourth-order valence-corrected chi connectivity index (χ4v) is 8.42. The molecular formula is C28H38O2. The van der Waals surface area contributed by atoms with Crippen LogP contribution in [-0.4, -0.2) is 16.5 Å². The van der Waals surface area contributed by atoms with Crippen LogP contribution in [0, 0.1) is 34.0 Å². The fourth-order valence-electron chi connectivity index (χ4n) is 8.42. The van der Waals surface area contributed by atoms with Crippen LogP contribution in [0.15, 0.2) is 35.9 Å². The zero-order chi connectivity index (χ0) is 21.4. The van der Waals surface area contributed by atoms with Crippen molar-refractivity contribution < 1.29 is 9.90 Å². The first kappa shape index (κ1) is 20.5. The molecule has 0 amide bonds. The summed E-state index contributed by atoms with van der Waals surface area (Å²) in [5.74, 6) is 2.35. The van der Waals surface area contributed by atoms with Crippen molar-refractivity contribution in [2.75, 3.05) is 0 Å². The SMILES string of the molecule is C[C@@]12CC[C@H]3[C@H]4CC[C@](C)(O)[C@]4(C)CC[C@@H]3[C@]1(C)CC(=Cc1ccccc1)C(=O)C2. The van der Waals surface area contributed by atoms with E-state index in [9.17, 15) is 9.90 Å². The lowest BCUT2D eigenvalue weighted by Crippen LogP contribution is -2.59. The minimum Gasteiger partial charge on any atom is -0.390 e. The normalized spacial score (nSPS) is 49.4. The topological polar surface area (TPSA) is 37.3 Å². The number of Topliss-reactive ketones (excluding diaryl/α,β-unsaturated/α-hetero) is 1. The molecule has 0 aliphatic heterocycles. The predicted molar refractivity (Wildman–Crippen MR) is 122 cm³/mol. The third-order valence-corrected chi connectivity index (χ3v) is 10.8. The molecule has 0 saturated heterocycles. The summed E-state index contributed by atoms with van der Waals surface area (Å²) in [7, 11) is 0. The van der Waals surface area contributed by atoms with E-state index in [-0.39, 0.29) is 16.2 Å². The number of carbonyl (C=O) groups is 1. The maximum atomic E-state index is 13.2. The van der Waals surface area contributed by atoms with Gasteiger partial charge in [-0.2, -0.15) is 0 Å². The van der Waals surface area contributed by atoms with Crippen LogP contribution in [0.1, 0.15) is 84.6 Å². The lowest BCUT2D eigenvalue weighted by Gasteiger charge is -2.64. The number of ketones is 1. The van der Waals surface area contributed by atoms with Crippen molar-refractivity contribution in [2.24, 2.45) is 34.0 Å². The lowest BCUT2D eigenvalue weighted by molar-refractivity contribution is -0.169. The van der Waals surface area contributed by atoms with Gasteiger partial charge in [0.2, 0.25) is 0 Å². The van der Waals surface area contributed by atoms with E-state index in [1.807, 2.05) is 6.07 Å². The Morgan fingerprint density at radius 1 is 0.867 bits per heavy atom. The van der Waals surface area contributed by atoms with Crippen LogP contribution in [0.4, 0.5) is 0 Å². The summed E-state index contributed by atoms with van der Waals surface area (Å²) in [6.45, 7) is 9.36. The minimum atomic E-state index is -0.523. The maximum Gasteiger partial charge on any atom is 0.159 e. The molecule has 7 atom stereocenters. The van der Waals surface area contributed by atoms with Gasteiger partial charge in [-0.25, -0.2) is 0 Å². The minimum absolute atomic E-state index is 0.0610. The Hall–Kier alpha value is -1.41. The average molecular weight is 407 g/mol. The van der Waals surface area contributed by atoms with E-state index >= 15 is 0 Å². The Kier molecular flexibility index (Phi) is 4.47. The molecule has 4 fully saturated rings. The Bertz CT molecular complexity index is 883. The van der Waals surface area contributed by atoms with Gasteiger partial charge in [0.25, 0.3) is 0 Å². The quantitative estimate of drug-likeness (QED) is 0.545. The molecular weight excluding hydrogens is 368 g/mol. The van der Waals surface area contributed by atoms with Crippen LogP contribution in [0.25, 0.3) is 6.08 Å². The molecule has 4 aliphatic carbocycles. The molecule has 2 nitrogen and oxygen atoms in total. The molecule has 0 radical (unpaired) electrons. The summed E-state index contributed by atoms with van der Waals surface area (Å²) in [6, 6.07) is 10.3. The number of hydrogen-bond acceptors (Lipinski definition) is 2. The largest absolute Gasteiger partial charge is 0.390 e. The molecule has 30 heavy (non-hydrogen) atoms. The number of fused-ring (bicyclic) bond motifs is 5. The average Bonchev–Trinajstić information content (AvgIpc) is 2.94. The number of hydrogen-bond donors (Lipinski definition) is 1. The number of rotatable bonds is 1. The van der Waals surface area contributed by atoms with Crippen molar-refractivity contribution in [3.8, 4) is 0 Å². The summed E-state index contributed by atoms with van der Waals surface area (Å²) < 4.78 is 0. The molecule has 0 heterocycles. The number of benzene rings is 1. The second kappa shape index (κ2) is 6.55. The van der Waals surface area contributed by atoms with Crippen molar-refractivity contribution in [2.45, 2.75) is 84.7 Å². The van der Waals surface area contributed by atoms with E-state index in [2.05, 4.69) is 58.0 Å². The van der Waals surface area contributed by atoms with E-state index in [1.165, 1.54) is 19.3 Å². The highest BCUT2D eigenvalue weighted by Gasteiger charge is 2.65. The second-order valence-corrected chi connectivity index (χ2v) is 12.0. The second-order valence-electron chi connectivity index (χ2n) is 12.0. The smallest absolute Gasteiger partial charge is 0.159 e. The van der Waals surface area contributed by atoms with Crippen molar-refractivity contribution in [3.63, 3.8) is 0 Å².